The van der Waals surface area contributed by atoms with E-state index in [2.05, 4.69) is 10.3 Å². The number of anilines is 1. The van der Waals surface area contributed by atoms with Crippen LogP contribution in [0, 0.1) is 18.3 Å². The van der Waals surface area contributed by atoms with Gasteiger partial charge in [0.05, 0.1) is 17.2 Å². The van der Waals surface area contributed by atoms with Gasteiger partial charge in [-0.15, -0.1) is 0 Å². The van der Waals surface area contributed by atoms with Gasteiger partial charge in [0.15, 0.2) is 0 Å². The lowest BCUT2D eigenvalue weighted by Gasteiger charge is -2.08. The Kier molecular flexibility index (Phi) is 3.35. The zero-order chi connectivity index (χ0) is 13.0. The van der Waals surface area contributed by atoms with Gasteiger partial charge >= 0.3 is 0 Å². The number of nitrogens with zero attached hydrogens (tertiary/aromatic N) is 2. The number of aromatic nitrogens is 1. The summed E-state index contributed by atoms with van der Waals surface area (Å²) >= 11 is 0. The highest BCUT2D eigenvalue weighted by molar-refractivity contribution is 6.04. The summed E-state index contributed by atoms with van der Waals surface area (Å²) in [5.41, 5.74) is 2.55. The molecule has 0 unspecified atom stereocenters. The topological polar surface area (TPSA) is 65.8 Å². The fourth-order valence-corrected chi connectivity index (χ4v) is 1.52. The molecule has 1 amide bonds. The Bertz CT molecular complexity index is 615. The van der Waals surface area contributed by atoms with E-state index in [1.807, 2.05) is 13.0 Å². The summed E-state index contributed by atoms with van der Waals surface area (Å²) in [5, 5.41) is 11.6. The Morgan fingerprint density at radius 1 is 1.39 bits per heavy atom. The smallest absolute Gasteiger partial charge is 0.257 e. The van der Waals surface area contributed by atoms with Crippen molar-refractivity contribution in [2.24, 2.45) is 0 Å². The van der Waals surface area contributed by atoms with E-state index in [4.69, 9.17) is 5.26 Å². The molecule has 0 aliphatic rings. The van der Waals surface area contributed by atoms with Gasteiger partial charge in [-0.05, 0) is 36.8 Å². The SMILES string of the molecule is Cc1ccc(C#N)cc1NC(=O)c1cccnc1. The Labute approximate surface area is 105 Å². The van der Waals surface area contributed by atoms with Gasteiger partial charge in [0.1, 0.15) is 0 Å². The molecule has 1 N–H and O–H groups in total. The molecule has 2 rings (SSSR count). The zero-order valence-corrected chi connectivity index (χ0v) is 9.84. The monoisotopic (exact) mass is 237 g/mol. The first kappa shape index (κ1) is 11.8. The predicted octanol–water partition coefficient (Wildman–Crippen LogP) is 2.51. The largest absolute Gasteiger partial charge is 0.322 e. The van der Waals surface area contributed by atoms with Crippen molar-refractivity contribution in [2.75, 3.05) is 5.32 Å². The van der Waals surface area contributed by atoms with Crippen LogP contribution < -0.4 is 5.32 Å². The third-order valence-electron chi connectivity index (χ3n) is 2.54. The van der Waals surface area contributed by atoms with Gasteiger partial charge in [-0.1, -0.05) is 6.07 Å². The average molecular weight is 237 g/mol. The molecule has 0 spiro atoms. The maximum absolute atomic E-state index is 11.9. The standard InChI is InChI=1S/C14H11N3O/c1-10-4-5-11(8-15)7-13(10)17-14(18)12-3-2-6-16-9-12/h2-7,9H,1H3,(H,17,18). The Hall–Kier alpha value is -2.67. The van der Waals surface area contributed by atoms with Crippen LogP contribution in [0.1, 0.15) is 21.5 Å². The quantitative estimate of drug-likeness (QED) is 0.872. The molecule has 88 valence electrons. The van der Waals surface area contributed by atoms with Crippen LogP contribution >= 0.6 is 0 Å². The summed E-state index contributed by atoms with van der Waals surface area (Å²) in [5.74, 6) is -0.235. The van der Waals surface area contributed by atoms with Gasteiger partial charge in [-0.25, -0.2) is 0 Å². The van der Waals surface area contributed by atoms with Crippen molar-refractivity contribution in [1.29, 1.82) is 5.26 Å². The number of carbonyl (C=O) groups excluding carboxylic acids is 1. The number of rotatable bonds is 2. The summed E-state index contributed by atoms with van der Waals surface area (Å²) in [7, 11) is 0. The third kappa shape index (κ3) is 2.53. The van der Waals surface area contributed by atoms with Crippen molar-refractivity contribution in [3.63, 3.8) is 0 Å². The number of hydrogen-bond acceptors (Lipinski definition) is 3. The molecule has 1 aromatic carbocycles. The van der Waals surface area contributed by atoms with Gasteiger partial charge in [0.2, 0.25) is 0 Å². The number of pyridine rings is 1. The van der Waals surface area contributed by atoms with Crippen LogP contribution in [0.4, 0.5) is 5.69 Å². The van der Waals surface area contributed by atoms with E-state index < -0.39 is 0 Å². The average Bonchev–Trinajstić information content (AvgIpc) is 2.42. The molecule has 4 heteroatoms. The fraction of sp³-hybridized carbons (Fsp3) is 0.0714. The molecule has 0 bridgehead atoms. The first-order valence-corrected chi connectivity index (χ1v) is 5.43. The van der Waals surface area contributed by atoms with Crippen LogP contribution in [0.5, 0.6) is 0 Å². The van der Waals surface area contributed by atoms with Crippen molar-refractivity contribution < 1.29 is 4.79 Å². The van der Waals surface area contributed by atoms with Gasteiger partial charge in [-0.2, -0.15) is 5.26 Å². The van der Waals surface area contributed by atoms with Crippen LogP contribution in [0.2, 0.25) is 0 Å². The molecule has 2 aromatic rings. The molecule has 4 nitrogen and oxygen atoms in total. The first-order chi connectivity index (χ1) is 8.70. The van der Waals surface area contributed by atoms with Crippen LogP contribution in [-0.4, -0.2) is 10.9 Å². The number of nitriles is 1. The molecule has 1 heterocycles. The molecule has 18 heavy (non-hydrogen) atoms. The number of benzene rings is 1. The van der Waals surface area contributed by atoms with Crippen LogP contribution in [0.25, 0.3) is 0 Å². The van der Waals surface area contributed by atoms with Crippen molar-refractivity contribution in [1.82, 2.24) is 4.98 Å². The molecule has 0 saturated heterocycles. The summed E-state index contributed by atoms with van der Waals surface area (Å²) in [6.07, 6.45) is 3.11. The molecule has 0 aliphatic carbocycles. The van der Waals surface area contributed by atoms with Gasteiger partial charge in [0.25, 0.3) is 5.91 Å². The molecular formula is C14H11N3O. The molecule has 0 fully saturated rings. The van der Waals surface area contributed by atoms with Gasteiger partial charge < -0.3 is 5.32 Å². The maximum Gasteiger partial charge on any atom is 0.257 e. The highest BCUT2D eigenvalue weighted by Crippen LogP contribution is 2.17. The number of aryl methyl sites for hydroxylation is 1. The van der Waals surface area contributed by atoms with Crippen LogP contribution in [0.3, 0.4) is 0 Å². The number of hydrogen-bond donors (Lipinski definition) is 1. The van der Waals surface area contributed by atoms with E-state index >= 15 is 0 Å². The van der Waals surface area contributed by atoms with Crippen molar-refractivity contribution in [3.05, 3.63) is 59.4 Å². The number of nitrogens with one attached hydrogen (secondary N) is 1. The van der Waals surface area contributed by atoms with Crippen molar-refractivity contribution in [3.8, 4) is 6.07 Å². The highest BCUT2D eigenvalue weighted by Gasteiger charge is 2.08. The zero-order valence-electron chi connectivity index (χ0n) is 9.84. The Balaban J connectivity index is 2.25. The molecule has 0 atom stereocenters. The van der Waals surface area contributed by atoms with E-state index in [9.17, 15) is 4.79 Å². The predicted molar refractivity (Wildman–Crippen MR) is 68.1 cm³/mol. The normalized spacial score (nSPS) is 9.56. The summed E-state index contributed by atoms with van der Waals surface area (Å²) < 4.78 is 0. The minimum atomic E-state index is -0.235. The molecular weight excluding hydrogens is 226 g/mol. The van der Waals surface area contributed by atoms with Crippen LogP contribution in [-0.2, 0) is 0 Å². The lowest BCUT2D eigenvalue weighted by Crippen LogP contribution is -2.13. The molecule has 1 aromatic heterocycles. The second-order valence-corrected chi connectivity index (χ2v) is 3.84. The van der Waals surface area contributed by atoms with Crippen LogP contribution in [0.15, 0.2) is 42.7 Å². The van der Waals surface area contributed by atoms with Gasteiger partial charge in [0, 0.05) is 18.1 Å². The minimum absolute atomic E-state index is 0.235. The minimum Gasteiger partial charge on any atom is -0.322 e. The maximum atomic E-state index is 11.9. The molecule has 0 saturated carbocycles. The Morgan fingerprint density at radius 3 is 2.89 bits per heavy atom. The highest BCUT2D eigenvalue weighted by atomic mass is 16.1. The third-order valence-corrected chi connectivity index (χ3v) is 2.54. The lowest BCUT2D eigenvalue weighted by molar-refractivity contribution is 0.102. The summed E-state index contributed by atoms with van der Waals surface area (Å²) in [6.45, 7) is 1.88. The van der Waals surface area contributed by atoms with E-state index in [0.717, 1.165) is 5.56 Å². The number of amides is 1. The van der Waals surface area contributed by atoms with E-state index in [1.54, 1.807) is 36.5 Å². The molecule has 0 aliphatic heterocycles. The lowest BCUT2D eigenvalue weighted by atomic mass is 10.1. The van der Waals surface area contributed by atoms with E-state index in [-0.39, 0.29) is 5.91 Å². The molecule has 0 radical (unpaired) electrons. The van der Waals surface area contributed by atoms with Crippen molar-refractivity contribution >= 4 is 11.6 Å². The second kappa shape index (κ2) is 5.11. The van der Waals surface area contributed by atoms with Crippen molar-refractivity contribution in [2.45, 2.75) is 6.92 Å². The second-order valence-electron chi connectivity index (χ2n) is 3.84. The first-order valence-electron chi connectivity index (χ1n) is 5.43. The van der Waals surface area contributed by atoms with E-state index in [1.165, 1.54) is 6.20 Å². The van der Waals surface area contributed by atoms with Gasteiger partial charge in [-0.3, -0.25) is 9.78 Å². The van der Waals surface area contributed by atoms with E-state index in [0.29, 0.717) is 16.8 Å². The summed E-state index contributed by atoms with van der Waals surface area (Å²) in [6, 6.07) is 10.6. The summed E-state index contributed by atoms with van der Waals surface area (Å²) in [4.78, 5) is 15.8. The fourth-order valence-electron chi connectivity index (χ4n) is 1.52. The number of carbonyl (C=O) groups is 1. The Morgan fingerprint density at radius 2 is 2.22 bits per heavy atom.